The molecule has 22 heavy (non-hydrogen) atoms. The predicted octanol–water partition coefficient (Wildman–Crippen LogP) is 1.09. The van der Waals surface area contributed by atoms with E-state index >= 15 is 0 Å². The van der Waals surface area contributed by atoms with Crippen LogP contribution in [0.4, 0.5) is 0 Å². The van der Waals surface area contributed by atoms with Crippen LogP contribution in [-0.2, 0) is 16.1 Å². The van der Waals surface area contributed by atoms with E-state index < -0.39 is 6.04 Å². The highest BCUT2D eigenvalue weighted by molar-refractivity contribution is 5.89. The van der Waals surface area contributed by atoms with Gasteiger partial charge in [0.1, 0.15) is 0 Å². The van der Waals surface area contributed by atoms with Crippen LogP contribution >= 0.6 is 0 Å². The van der Waals surface area contributed by atoms with Crippen LogP contribution in [0.2, 0.25) is 0 Å². The molecule has 1 heterocycles. The smallest absolute Gasteiger partial charge is 0.237 e. The van der Waals surface area contributed by atoms with E-state index in [4.69, 9.17) is 0 Å². The lowest BCUT2D eigenvalue weighted by Crippen LogP contribution is -2.65. The third kappa shape index (κ3) is 3.65. The second kappa shape index (κ2) is 6.92. The topological polar surface area (TPSA) is 70.2 Å². The Morgan fingerprint density at radius 3 is 2.64 bits per heavy atom. The number of hydrogen-bond donors (Lipinski definition) is 3. The van der Waals surface area contributed by atoms with Gasteiger partial charge in [0.15, 0.2) is 0 Å². The average molecular weight is 301 g/mol. The Kier molecular flexibility index (Phi) is 4.73. The Morgan fingerprint density at radius 1 is 1.14 bits per heavy atom. The van der Waals surface area contributed by atoms with Crippen LogP contribution in [0.15, 0.2) is 30.3 Å². The number of nitrogens with one attached hydrogen (secondary N) is 3. The van der Waals surface area contributed by atoms with Gasteiger partial charge in [0.2, 0.25) is 11.8 Å². The van der Waals surface area contributed by atoms with E-state index in [1.54, 1.807) is 0 Å². The Labute approximate surface area is 130 Å². The highest BCUT2D eigenvalue weighted by Crippen LogP contribution is 2.22. The van der Waals surface area contributed by atoms with E-state index in [2.05, 4.69) is 16.0 Å². The Balaban J connectivity index is 1.49. The van der Waals surface area contributed by atoms with Crippen molar-refractivity contribution in [3.8, 4) is 0 Å². The fourth-order valence-electron chi connectivity index (χ4n) is 3.33. The maximum Gasteiger partial charge on any atom is 0.237 e. The van der Waals surface area contributed by atoms with Crippen LogP contribution in [0, 0.1) is 0 Å². The Hall–Kier alpha value is -1.88. The zero-order valence-corrected chi connectivity index (χ0v) is 12.7. The number of piperazine rings is 1. The molecule has 0 bridgehead atoms. The summed E-state index contributed by atoms with van der Waals surface area (Å²) in [4.78, 5) is 24.2. The lowest BCUT2D eigenvalue weighted by molar-refractivity contribution is -0.131. The van der Waals surface area contributed by atoms with Gasteiger partial charge in [0.25, 0.3) is 0 Å². The molecule has 1 saturated carbocycles. The molecule has 1 aromatic rings. The quantitative estimate of drug-likeness (QED) is 0.780. The lowest BCUT2D eigenvalue weighted by Gasteiger charge is -2.40. The summed E-state index contributed by atoms with van der Waals surface area (Å²) >= 11 is 0. The van der Waals surface area contributed by atoms with Crippen molar-refractivity contribution in [2.75, 3.05) is 0 Å². The second-order valence-electron chi connectivity index (χ2n) is 6.19. The summed E-state index contributed by atoms with van der Waals surface area (Å²) < 4.78 is 0. The van der Waals surface area contributed by atoms with Gasteiger partial charge in [-0.25, -0.2) is 0 Å². The Morgan fingerprint density at radius 2 is 1.86 bits per heavy atom. The lowest BCUT2D eigenvalue weighted by atomic mass is 9.87. The van der Waals surface area contributed by atoms with Gasteiger partial charge in [-0.2, -0.15) is 0 Å². The molecule has 118 valence electrons. The second-order valence-corrected chi connectivity index (χ2v) is 6.19. The number of benzene rings is 1. The number of fused-ring (bicyclic) bond motifs is 1. The summed E-state index contributed by atoms with van der Waals surface area (Å²) in [7, 11) is 0. The third-order valence-corrected chi connectivity index (χ3v) is 4.55. The molecule has 5 heteroatoms. The van der Waals surface area contributed by atoms with Gasteiger partial charge in [-0.15, -0.1) is 0 Å². The minimum atomic E-state index is -0.407. The molecular formula is C17H23N3O2. The first-order valence-electron chi connectivity index (χ1n) is 8.09. The molecule has 0 radical (unpaired) electrons. The number of rotatable bonds is 4. The van der Waals surface area contributed by atoms with Crippen molar-refractivity contribution in [1.82, 2.24) is 16.0 Å². The van der Waals surface area contributed by atoms with Gasteiger partial charge < -0.3 is 16.0 Å². The van der Waals surface area contributed by atoms with E-state index in [0.717, 1.165) is 18.4 Å². The van der Waals surface area contributed by atoms with Gasteiger partial charge in [0.05, 0.1) is 12.5 Å². The van der Waals surface area contributed by atoms with Crippen LogP contribution in [-0.4, -0.2) is 29.9 Å². The van der Waals surface area contributed by atoms with Crippen LogP contribution in [0.1, 0.15) is 37.7 Å². The SMILES string of the molecule is O=C(C[C@H]1N[C@H]2CCCC[C@@H]2NC1=O)NCc1ccccc1. The molecule has 1 aliphatic carbocycles. The van der Waals surface area contributed by atoms with Crippen molar-refractivity contribution in [2.45, 2.75) is 56.8 Å². The number of carbonyl (C=O) groups excluding carboxylic acids is 2. The molecule has 5 nitrogen and oxygen atoms in total. The van der Waals surface area contributed by atoms with Crippen LogP contribution < -0.4 is 16.0 Å². The number of carbonyl (C=O) groups is 2. The molecule has 3 atom stereocenters. The standard InChI is InChI=1S/C17H23N3O2/c21-16(18-11-12-6-2-1-3-7-12)10-15-17(22)20-14-9-5-4-8-13(14)19-15/h1-3,6-7,13-15,19H,4-5,8-11H2,(H,18,21)(H,20,22)/t13-,14-,15+/m0/s1. The summed E-state index contributed by atoms with van der Waals surface area (Å²) in [6, 6.07) is 9.93. The summed E-state index contributed by atoms with van der Waals surface area (Å²) in [5.41, 5.74) is 1.06. The maximum atomic E-state index is 12.1. The van der Waals surface area contributed by atoms with Gasteiger partial charge in [-0.1, -0.05) is 43.2 Å². The van der Waals surface area contributed by atoms with Gasteiger partial charge in [-0.05, 0) is 18.4 Å². The van der Waals surface area contributed by atoms with Gasteiger partial charge in [-0.3, -0.25) is 9.59 Å². The van der Waals surface area contributed by atoms with Crippen LogP contribution in [0.5, 0.6) is 0 Å². The minimum Gasteiger partial charge on any atom is -0.352 e. The first-order valence-corrected chi connectivity index (χ1v) is 8.09. The van der Waals surface area contributed by atoms with E-state index in [0.29, 0.717) is 12.6 Å². The zero-order valence-electron chi connectivity index (χ0n) is 12.7. The molecule has 0 aromatic heterocycles. The first kappa shape index (κ1) is 15.0. The van der Waals surface area contributed by atoms with Crippen molar-refractivity contribution in [3.63, 3.8) is 0 Å². The van der Waals surface area contributed by atoms with Crippen LogP contribution in [0.3, 0.4) is 0 Å². The van der Waals surface area contributed by atoms with E-state index in [-0.39, 0.29) is 24.3 Å². The molecule has 2 fully saturated rings. The predicted molar refractivity (Wildman–Crippen MR) is 84.0 cm³/mol. The molecule has 1 aromatic carbocycles. The molecule has 2 amide bonds. The number of amides is 2. The third-order valence-electron chi connectivity index (χ3n) is 4.55. The molecule has 0 spiro atoms. The summed E-state index contributed by atoms with van der Waals surface area (Å²) in [6.07, 6.45) is 4.67. The molecule has 2 aliphatic rings. The summed E-state index contributed by atoms with van der Waals surface area (Å²) in [6.45, 7) is 0.500. The van der Waals surface area contributed by atoms with Crippen molar-refractivity contribution < 1.29 is 9.59 Å². The molecule has 3 rings (SSSR count). The van der Waals surface area contributed by atoms with E-state index in [1.165, 1.54) is 12.8 Å². The van der Waals surface area contributed by atoms with Gasteiger partial charge in [0, 0.05) is 18.6 Å². The maximum absolute atomic E-state index is 12.1. The normalized spacial score (nSPS) is 27.6. The summed E-state index contributed by atoms with van der Waals surface area (Å²) in [5, 5.41) is 9.31. The summed E-state index contributed by atoms with van der Waals surface area (Å²) in [5.74, 6) is -0.135. The van der Waals surface area contributed by atoms with Crippen molar-refractivity contribution in [3.05, 3.63) is 35.9 Å². The number of hydrogen-bond acceptors (Lipinski definition) is 3. The molecule has 1 saturated heterocycles. The monoisotopic (exact) mass is 301 g/mol. The minimum absolute atomic E-state index is 0.0435. The van der Waals surface area contributed by atoms with Crippen molar-refractivity contribution in [2.24, 2.45) is 0 Å². The molecule has 0 unspecified atom stereocenters. The van der Waals surface area contributed by atoms with Crippen molar-refractivity contribution >= 4 is 11.8 Å². The van der Waals surface area contributed by atoms with Gasteiger partial charge >= 0.3 is 0 Å². The average Bonchev–Trinajstić information content (AvgIpc) is 2.55. The largest absolute Gasteiger partial charge is 0.352 e. The molecule has 1 aliphatic heterocycles. The Bertz CT molecular complexity index is 532. The highest BCUT2D eigenvalue weighted by atomic mass is 16.2. The highest BCUT2D eigenvalue weighted by Gasteiger charge is 2.36. The molecular weight excluding hydrogens is 278 g/mol. The fourth-order valence-corrected chi connectivity index (χ4v) is 3.33. The zero-order chi connectivity index (χ0) is 15.4. The first-order chi connectivity index (χ1) is 10.7. The molecule has 3 N–H and O–H groups in total. The van der Waals surface area contributed by atoms with Crippen LogP contribution in [0.25, 0.3) is 0 Å². The van der Waals surface area contributed by atoms with E-state index in [9.17, 15) is 9.59 Å². The van der Waals surface area contributed by atoms with E-state index in [1.807, 2.05) is 30.3 Å². The van der Waals surface area contributed by atoms with Crippen molar-refractivity contribution in [1.29, 1.82) is 0 Å². The fraction of sp³-hybridized carbons (Fsp3) is 0.529.